The molecule has 0 rings (SSSR count). The molecule has 0 aliphatic rings. The van der Waals surface area contributed by atoms with Crippen molar-refractivity contribution in [2.24, 2.45) is 5.92 Å². The van der Waals surface area contributed by atoms with Gasteiger partial charge in [0.15, 0.2) is 0 Å². The lowest BCUT2D eigenvalue weighted by atomic mass is 10.1. The zero-order valence-corrected chi connectivity index (χ0v) is 10.4. The lowest BCUT2D eigenvalue weighted by Gasteiger charge is -2.23. The van der Waals surface area contributed by atoms with Crippen LogP contribution in [-0.2, 0) is 4.79 Å². The molecule has 0 aromatic heterocycles. The van der Waals surface area contributed by atoms with Gasteiger partial charge >= 0.3 is 0 Å². The van der Waals surface area contributed by atoms with Crippen molar-refractivity contribution in [3.63, 3.8) is 0 Å². The molecule has 0 bridgehead atoms. The molecule has 4 heteroatoms. The molecule has 0 heterocycles. The molecule has 0 N–H and O–H groups in total. The number of alkyl halides is 1. The summed E-state index contributed by atoms with van der Waals surface area (Å²) in [4.78, 5) is 13.3. The summed E-state index contributed by atoms with van der Waals surface area (Å²) in [5.41, 5.74) is 0. The van der Waals surface area contributed by atoms with Crippen molar-refractivity contribution in [2.75, 3.05) is 13.1 Å². The smallest absolute Gasteiger partial charge is 0.240 e. The molecule has 0 aromatic rings. The molecule has 0 fully saturated rings. The number of nitriles is 1. The molecule has 0 spiro atoms. The lowest BCUT2D eigenvalue weighted by Crippen LogP contribution is -2.37. The van der Waals surface area contributed by atoms with E-state index in [-0.39, 0.29) is 5.91 Å². The van der Waals surface area contributed by atoms with Crippen LogP contribution in [0.3, 0.4) is 0 Å². The fourth-order valence-electron chi connectivity index (χ4n) is 1.18. The van der Waals surface area contributed by atoms with Crippen LogP contribution in [-0.4, -0.2) is 29.3 Å². The van der Waals surface area contributed by atoms with Crippen molar-refractivity contribution in [2.45, 2.75) is 39.0 Å². The van der Waals surface area contributed by atoms with Crippen LogP contribution in [0, 0.1) is 17.2 Å². The minimum Gasteiger partial charge on any atom is -0.340 e. The summed E-state index contributed by atoms with van der Waals surface area (Å²) in [5, 5.41) is 7.99. The maximum absolute atomic E-state index is 11.6. The Morgan fingerprint density at radius 1 is 1.40 bits per heavy atom. The van der Waals surface area contributed by atoms with E-state index in [4.69, 9.17) is 16.9 Å². The van der Waals surface area contributed by atoms with Crippen molar-refractivity contribution in [1.82, 2.24) is 4.90 Å². The summed E-state index contributed by atoms with van der Waals surface area (Å²) >= 11 is 5.74. The fraction of sp³-hybridized carbons (Fsp3) is 0.818. The van der Waals surface area contributed by atoms with Crippen LogP contribution in [0.4, 0.5) is 0 Å². The average molecular weight is 231 g/mol. The van der Waals surface area contributed by atoms with Gasteiger partial charge in [-0.1, -0.05) is 13.8 Å². The van der Waals surface area contributed by atoms with E-state index >= 15 is 0 Å². The average Bonchev–Trinajstić information content (AvgIpc) is 2.16. The van der Waals surface area contributed by atoms with Gasteiger partial charge in [-0.05, 0) is 19.3 Å². The van der Waals surface area contributed by atoms with Crippen molar-refractivity contribution >= 4 is 17.5 Å². The molecule has 86 valence electrons. The lowest BCUT2D eigenvalue weighted by molar-refractivity contribution is -0.130. The van der Waals surface area contributed by atoms with Crippen LogP contribution in [0.2, 0.25) is 0 Å². The molecule has 0 aliphatic carbocycles. The van der Waals surface area contributed by atoms with Gasteiger partial charge in [0.2, 0.25) is 5.91 Å². The Bertz CT molecular complexity index is 233. The Hall–Kier alpha value is -0.750. The first-order valence-corrected chi connectivity index (χ1v) is 5.72. The zero-order chi connectivity index (χ0) is 11.8. The van der Waals surface area contributed by atoms with E-state index in [0.717, 1.165) is 6.42 Å². The van der Waals surface area contributed by atoms with E-state index in [0.29, 0.717) is 25.4 Å². The highest BCUT2D eigenvalue weighted by atomic mass is 35.5. The summed E-state index contributed by atoms with van der Waals surface area (Å²) in [6.07, 6.45) is 1.31. The summed E-state index contributed by atoms with van der Waals surface area (Å²) in [7, 11) is 0. The minimum atomic E-state index is -0.504. The first kappa shape index (κ1) is 14.2. The molecule has 0 saturated carbocycles. The summed E-state index contributed by atoms with van der Waals surface area (Å²) in [6.45, 7) is 7.06. The second kappa shape index (κ2) is 7.53. The fourth-order valence-corrected chi connectivity index (χ4v) is 1.32. The van der Waals surface area contributed by atoms with Crippen LogP contribution in [0.1, 0.15) is 33.6 Å². The van der Waals surface area contributed by atoms with Gasteiger partial charge in [0, 0.05) is 13.1 Å². The van der Waals surface area contributed by atoms with Gasteiger partial charge in [0.25, 0.3) is 0 Å². The van der Waals surface area contributed by atoms with E-state index in [1.165, 1.54) is 0 Å². The number of hydrogen-bond acceptors (Lipinski definition) is 2. The molecule has 0 aromatic carbocycles. The van der Waals surface area contributed by atoms with Crippen LogP contribution >= 0.6 is 11.6 Å². The third-order valence-corrected chi connectivity index (χ3v) is 2.31. The summed E-state index contributed by atoms with van der Waals surface area (Å²) < 4.78 is 0. The van der Waals surface area contributed by atoms with Gasteiger partial charge in [0.05, 0.1) is 12.5 Å². The second-order valence-corrected chi connectivity index (χ2v) is 4.69. The molecule has 1 amide bonds. The quantitative estimate of drug-likeness (QED) is 0.658. The van der Waals surface area contributed by atoms with Crippen molar-refractivity contribution in [3.05, 3.63) is 0 Å². The van der Waals surface area contributed by atoms with Gasteiger partial charge in [-0.15, -0.1) is 11.6 Å². The van der Waals surface area contributed by atoms with Crippen molar-refractivity contribution in [3.8, 4) is 6.07 Å². The summed E-state index contributed by atoms with van der Waals surface area (Å²) in [6, 6.07) is 2.04. The second-order valence-electron chi connectivity index (χ2n) is 4.03. The Morgan fingerprint density at radius 2 is 2.00 bits per heavy atom. The molecule has 15 heavy (non-hydrogen) atoms. The molecule has 0 saturated heterocycles. The Labute approximate surface area is 97.0 Å². The number of halogens is 1. The predicted octanol–water partition coefficient (Wildman–Crippen LogP) is 2.40. The van der Waals surface area contributed by atoms with E-state index in [9.17, 15) is 4.79 Å². The van der Waals surface area contributed by atoms with Crippen LogP contribution in [0.5, 0.6) is 0 Å². The van der Waals surface area contributed by atoms with Crippen molar-refractivity contribution in [1.29, 1.82) is 5.26 Å². The first-order valence-electron chi connectivity index (χ1n) is 5.28. The number of carbonyl (C=O) groups is 1. The molecule has 1 unspecified atom stereocenters. The Morgan fingerprint density at radius 3 is 2.40 bits per heavy atom. The van der Waals surface area contributed by atoms with E-state index in [1.54, 1.807) is 11.8 Å². The van der Waals surface area contributed by atoms with E-state index in [2.05, 4.69) is 13.8 Å². The number of amides is 1. The molecule has 0 aliphatic heterocycles. The molecular formula is C11H19ClN2O. The zero-order valence-electron chi connectivity index (χ0n) is 9.66. The number of nitrogens with zero attached hydrogens (tertiary/aromatic N) is 2. The predicted molar refractivity (Wildman–Crippen MR) is 61.6 cm³/mol. The number of rotatable bonds is 6. The Kier molecular flexibility index (Phi) is 7.15. The molecular weight excluding hydrogens is 212 g/mol. The topological polar surface area (TPSA) is 44.1 Å². The summed E-state index contributed by atoms with van der Waals surface area (Å²) in [5.74, 6) is 0.473. The van der Waals surface area contributed by atoms with Gasteiger partial charge in [-0.25, -0.2) is 0 Å². The van der Waals surface area contributed by atoms with Crippen molar-refractivity contribution < 1.29 is 4.79 Å². The maximum Gasteiger partial charge on any atom is 0.240 e. The molecule has 3 nitrogen and oxygen atoms in total. The van der Waals surface area contributed by atoms with E-state index in [1.807, 2.05) is 6.07 Å². The number of hydrogen-bond donors (Lipinski definition) is 0. The highest BCUT2D eigenvalue weighted by molar-refractivity contribution is 6.30. The maximum atomic E-state index is 11.6. The monoisotopic (exact) mass is 230 g/mol. The molecule has 0 radical (unpaired) electrons. The van der Waals surface area contributed by atoms with Crippen LogP contribution in [0.25, 0.3) is 0 Å². The van der Waals surface area contributed by atoms with Gasteiger partial charge in [0.1, 0.15) is 5.38 Å². The van der Waals surface area contributed by atoms with Gasteiger partial charge in [-0.3, -0.25) is 4.79 Å². The standard InChI is InChI=1S/C11H19ClN2O/c1-9(2)5-8-14(7-4-6-13)11(15)10(3)12/h9-10H,4-5,7-8H2,1-3H3. The van der Waals surface area contributed by atoms with Gasteiger partial charge in [-0.2, -0.15) is 5.26 Å². The molecule has 1 atom stereocenters. The minimum absolute atomic E-state index is 0.0763. The SMILES string of the molecule is CC(C)CCN(CCC#N)C(=O)C(C)Cl. The largest absolute Gasteiger partial charge is 0.340 e. The highest BCUT2D eigenvalue weighted by Crippen LogP contribution is 2.07. The highest BCUT2D eigenvalue weighted by Gasteiger charge is 2.17. The Balaban J connectivity index is 4.18. The number of carbonyl (C=O) groups excluding carboxylic acids is 1. The van der Waals surface area contributed by atoms with Crippen LogP contribution in [0.15, 0.2) is 0 Å². The van der Waals surface area contributed by atoms with Crippen LogP contribution < -0.4 is 0 Å². The van der Waals surface area contributed by atoms with E-state index < -0.39 is 5.38 Å². The van der Waals surface area contributed by atoms with Gasteiger partial charge < -0.3 is 4.90 Å². The first-order chi connectivity index (χ1) is 6.99. The normalized spacial score (nSPS) is 12.3. The third kappa shape index (κ3) is 6.35. The third-order valence-electron chi connectivity index (χ3n) is 2.12.